The number of nitrogens with one attached hydrogen (secondary N) is 1. The predicted molar refractivity (Wildman–Crippen MR) is 82.9 cm³/mol. The molecule has 0 unspecified atom stereocenters. The molecule has 2 rings (SSSR count). The summed E-state index contributed by atoms with van der Waals surface area (Å²) in [5, 5.41) is 3.17. The van der Waals surface area contributed by atoms with Gasteiger partial charge in [0.05, 0.1) is 5.54 Å². The van der Waals surface area contributed by atoms with Crippen LogP contribution in [0.25, 0.3) is 0 Å². The minimum absolute atomic E-state index is 0.00690. The molecule has 1 saturated carbocycles. The average Bonchev–Trinajstić information content (AvgIpc) is 2.39. The van der Waals surface area contributed by atoms with E-state index in [9.17, 15) is 4.79 Å². The normalized spacial score (nSPS) is 18.1. The summed E-state index contributed by atoms with van der Waals surface area (Å²) in [4.78, 5) is 12.4. The van der Waals surface area contributed by atoms with E-state index in [-0.39, 0.29) is 11.4 Å². The maximum atomic E-state index is 12.4. The van der Waals surface area contributed by atoms with Crippen LogP contribution in [-0.4, -0.2) is 17.3 Å². The molecule has 1 fully saturated rings. The first kappa shape index (κ1) is 14.9. The Bertz CT molecular complexity index is 469. The Morgan fingerprint density at radius 1 is 1.37 bits per heavy atom. The van der Waals surface area contributed by atoms with Crippen LogP contribution < -0.4 is 5.32 Å². The number of hydrogen-bond donors (Lipinski definition) is 1. The molecule has 1 aliphatic carbocycles. The van der Waals surface area contributed by atoms with Gasteiger partial charge in [-0.15, -0.1) is 11.6 Å². The first-order valence-corrected chi connectivity index (χ1v) is 8.04. The predicted octanol–water partition coefficient (Wildman–Crippen LogP) is 4.43. The van der Waals surface area contributed by atoms with E-state index in [1.54, 1.807) is 0 Å². The van der Waals surface area contributed by atoms with E-state index >= 15 is 0 Å². The molecule has 1 aromatic rings. The van der Waals surface area contributed by atoms with Crippen molar-refractivity contribution in [3.63, 3.8) is 0 Å². The van der Waals surface area contributed by atoms with E-state index in [1.807, 2.05) is 25.1 Å². The molecular weight excluding hydrogens is 326 g/mol. The molecule has 1 aromatic carbocycles. The van der Waals surface area contributed by atoms with Crippen LogP contribution in [0.2, 0.25) is 0 Å². The number of amides is 1. The van der Waals surface area contributed by atoms with Gasteiger partial charge in [0.15, 0.2) is 0 Å². The Labute approximate surface area is 128 Å². The Morgan fingerprint density at radius 3 is 2.63 bits per heavy atom. The summed E-state index contributed by atoms with van der Waals surface area (Å²) in [6, 6.07) is 5.72. The third-order valence-corrected chi connectivity index (χ3v) is 4.88. The molecule has 1 amide bonds. The minimum atomic E-state index is -0.212. The van der Waals surface area contributed by atoms with Gasteiger partial charge in [0.25, 0.3) is 5.91 Å². The number of benzene rings is 1. The molecule has 0 aromatic heterocycles. The standard InChI is InChI=1S/C15H19BrClNO/c1-11-9-12(16)5-6-13(11)14(19)18-15(10-17)7-3-2-4-8-15/h5-6,9H,2-4,7-8,10H2,1H3,(H,18,19). The molecule has 1 N–H and O–H groups in total. The van der Waals surface area contributed by atoms with Gasteiger partial charge in [-0.05, 0) is 43.5 Å². The zero-order valence-electron chi connectivity index (χ0n) is 11.1. The monoisotopic (exact) mass is 343 g/mol. The number of aryl methyl sites for hydroxylation is 1. The van der Waals surface area contributed by atoms with Crippen LogP contribution in [0.15, 0.2) is 22.7 Å². The zero-order valence-corrected chi connectivity index (χ0v) is 13.5. The van der Waals surface area contributed by atoms with Crippen LogP contribution in [0.4, 0.5) is 0 Å². The summed E-state index contributed by atoms with van der Waals surface area (Å²) in [6.07, 6.45) is 5.50. The number of carbonyl (C=O) groups excluding carboxylic acids is 1. The number of rotatable bonds is 3. The molecule has 0 spiro atoms. The number of carbonyl (C=O) groups is 1. The lowest BCUT2D eigenvalue weighted by molar-refractivity contribution is 0.0884. The zero-order chi connectivity index (χ0) is 13.9. The van der Waals surface area contributed by atoms with E-state index in [1.165, 1.54) is 6.42 Å². The van der Waals surface area contributed by atoms with Gasteiger partial charge in [0.1, 0.15) is 0 Å². The fraction of sp³-hybridized carbons (Fsp3) is 0.533. The Hall–Kier alpha value is -0.540. The van der Waals surface area contributed by atoms with E-state index < -0.39 is 0 Å². The highest BCUT2D eigenvalue weighted by Gasteiger charge is 2.33. The van der Waals surface area contributed by atoms with Crippen LogP contribution >= 0.6 is 27.5 Å². The number of halogens is 2. The average molecular weight is 345 g/mol. The van der Waals surface area contributed by atoms with Gasteiger partial charge >= 0.3 is 0 Å². The van der Waals surface area contributed by atoms with E-state index in [0.29, 0.717) is 5.88 Å². The van der Waals surface area contributed by atoms with Crippen LogP contribution in [0.5, 0.6) is 0 Å². The molecule has 19 heavy (non-hydrogen) atoms. The van der Waals surface area contributed by atoms with E-state index in [4.69, 9.17) is 11.6 Å². The topological polar surface area (TPSA) is 29.1 Å². The first-order chi connectivity index (χ1) is 9.06. The lowest BCUT2D eigenvalue weighted by Crippen LogP contribution is -2.51. The smallest absolute Gasteiger partial charge is 0.252 e. The van der Waals surface area contributed by atoms with Gasteiger partial charge in [0.2, 0.25) is 0 Å². The Balaban J connectivity index is 2.15. The van der Waals surface area contributed by atoms with Crippen molar-refractivity contribution in [2.45, 2.75) is 44.6 Å². The molecule has 4 heteroatoms. The molecule has 0 heterocycles. The van der Waals surface area contributed by atoms with Crippen molar-refractivity contribution in [3.05, 3.63) is 33.8 Å². The van der Waals surface area contributed by atoms with Crippen molar-refractivity contribution in [1.82, 2.24) is 5.32 Å². The van der Waals surface area contributed by atoms with E-state index in [2.05, 4.69) is 21.2 Å². The minimum Gasteiger partial charge on any atom is -0.345 e. The summed E-state index contributed by atoms with van der Waals surface area (Å²) >= 11 is 9.53. The Kier molecular flexibility index (Phi) is 4.91. The second-order valence-electron chi connectivity index (χ2n) is 5.39. The summed E-state index contributed by atoms with van der Waals surface area (Å²) in [5.74, 6) is 0.487. The fourth-order valence-corrected chi connectivity index (χ4v) is 3.52. The van der Waals surface area contributed by atoms with Gasteiger partial charge in [-0.25, -0.2) is 0 Å². The van der Waals surface area contributed by atoms with Crippen molar-refractivity contribution in [2.24, 2.45) is 0 Å². The van der Waals surface area contributed by atoms with Crippen molar-refractivity contribution in [3.8, 4) is 0 Å². The molecule has 1 aliphatic rings. The van der Waals surface area contributed by atoms with Crippen molar-refractivity contribution in [1.29, 1.82) is 0 Å². The maximum Gasteiger partial charge on any atom is 0.252 e. The maximum absolute atomic E-state index is 12.4. The first-order valence-electron chi connectivity index (χ1n) is 6.71. The lowest BCUT2D eigenvalue weighted by atomic mass is 9.83. The molecule has 104 valence electrons. The van der Waals surface area contributed by atoms with E-state index in [0.717, 1.165) is 41.3 Å². The van der Waals surface area contributed by atoms with Crippen LogP contribution in [0, 0.1) is 6.92 Å². The molecule has 0 bridgehead atoms. The third kappa shape index (κ3) is 3.51. The SMILES string of the molecule is Cc1cc(Br)ccc1C(=O)NC1(CCl)CCCCC1. The summed E-state index contributed by atoms with van der Waals surface area (Å²) in [7, 11) is 0. The Morgan fingerprint density at radius 2 is 2.05 bits per heavy atom. The van der Waals surface area contributed by atoms with Gasteiger partial charge in [-0.2, -0.15) is 0 Å². The van der Waals surface area contributed by atoms with Gasteiger partial charge in [0, 0.05) is 15.9 Å². The lowest BCUT2D eigenvalue weighted by Gasteiger charge is -2.36. The van der Waals surface area contributed by atoms with Crippen LogP contribution in [0.3, 0.4) is 0 Å². The largest absolute Gasteiger partial charge is 0.345 e. The van der Waals surface area contributed by atoms with Crippen LogP contribution in [0.1, 0.15) is 48.0 Å². The summed E-state index contributed by atoms with van der Waals surface area (Å²) in [6.45, 7) is 1.95. The third-order valence-electron chi connectivity index (χ3n) is 3.88. The highest BCUT2D eigenvalue weighted by Crippen LogP contribution is 2.30. The van der Waals surface area contributed by atoms with Crippen molar-refractivity contribution in [2.75, 3.05) is 5.88 Å². The molecule has 2 nitrogen and oxygen atoms in total. The van der Waals surface area contributed by atoms with Crippen molar-refractivity contribution < 1.29 is 4.79 Å². The van der Waals surface area contributed by atoms with Crippen molar-refractivity contribution >= 4 is 33.4 Å². The van der Waals surface area contributed by atoms with Crippen LogP contribution in [-0.2, 0) is 0 Å². The molecule has 0 radical (unpaired) electrons. The fourth-order valence-electron chi connectivity index (χ4n) is 2.71. The second kappa shape index (κ2) is 6.27. The van der Waals surface area contributed by atoms with Gasteiger partial charge < -0.3 is 5.32 Å². The summed E-state index contributed by atoms with van der Waals surface area (Å²) < 4.78 is 0.992. The summed E-state index contributed by atoms with van der Waals surface area (Å²) in [5.41, 5.74) is 1.50. The second-order valence-corrected chi connectivity index (χ2v) is 6.57. The molecular formula is C15H19BrClNO. The molecule has 0 saturated heterocycles. The number of hydrogen-bond acceptors (Lipinski definition) is 1. The number of alkyl halides is 1. The molecule has 0 atom stereocenters. The van der Waals surface area contributed by atoms with Gasteiger partial charge in [-0.1, -0.05) is 35.2 Å². The molecule has 0 aliphatic heterocycles. The highest BCUT2D eigenvalue weighted by molar-refractivity contribution is 9.10. The quantitative estimate of drug-likeness (QED) is 0.808. The van der Waals surface area contributed by atoms with Gasteiger partial charge in [-0.3, -0.25) is 4.79 Å². The highest BCUT2D eigenvalue weighted by atomic mass is 79.9.